The minimum absolute atomic E-state index is 0.553. The summed E-state index contributed by atoms with van der Waals surface area (Å²) >= 11 is 0. The first kappa shape index (κ1) is 16.4. The minimum atomic E-state index is -1.07. The molecule has 19 heavy (non-hydrogen) atoms. The molecule has 0 aliphatic carbocycles. The first-order valence-corrected chi connectivity index (χ1v) is 7.70. The Morgan fingerprint density at radius 1 is 1.42 bits per heavy atom. The van der Waals surface area contributed by atoms with Crippen molar-refractivity contribution in [3.8, 4) is 0 Å². The lowest BCUT2D eigenvalue weighted by atomic mass is 9.96. The largest absolute Gasteiger partial charge is 0.480 e. The van der Waals surface area contributed by atoms with Gasteiger partial charge in [0.15, 0.2) is 0 Å². The molecule has 3 N–H and O–H groups in total. The number of carboxylic acids is 1. The molecule has 4 nitrogen and oxygen atoms in total. The van der Waals surface area contributed by atoms with Gasteiger partial charge < -0.3 is 15.7 Å². The highest BCUT2D eigenvalue weighted by Gasteiger charge is 2.27. The summed E-state index contributed by atoms with van der Waals surface area (Å²) in [5, 5.41) is 8.98. The van der Waals surface area contributed by atoms with E-state index in [-0.39, 0.29) is 0 Å². The molecule has 0 bridgehead atoms. The Bertz CT molecular complexity index is 279. The molecule has 0 amide bonds. The Balaban J connectivity index is 2.25. The number of hydrogen-bond donors (Lipinski definition) is 2. The lowest BCUT2D eigenvalue weighted by Crippen LogP contribution is -2.45. The van der Waals surface area contributed by atoms with E-state index in [4.69, 9.17) is 10.8 Å². The molecule has 4 heteroatoms. The summed E-state index contributed by atoms with van der Waals surface area (Å²) in [5.74, 6) is 0.000158. The second kappa shape index (κ2) is 7.85. The predicted molar refractivity (Wildman–Crippen MR) is 78.2 cm³/mol. The lowest BCUT2D eigenvalue weighted by Gasteiger charge is -2.23. The maximum Gasteiger partial charge on any atom is 0.323 e. The van der Waals surface area contributed by atoms with Crippen molar-refractivity contribution < 1.29 is 9.90 Å². The SMILES string of the molecule is CCCC1CCCN(CCCC(C)(N)C(=O)O)CC1. The summed E-state index contributed by atoms with van der Waals surface area (Å²) in [4.78, 5) is 13.4. The van der Waals surface area contributed by atoms with Gasteiger partial charge in [0.25, 0.3) is 0 Å². The van der Waals surface area contributed by atoms with Gasteiger partial charge in [-0.2, -0.15) is 0 Å². The van der Waals surface area contributed by atoms with Crippen molar-refractivity contribution in [2.75, 3.05) is 19.6 Å². The van der Waals surface area contributed by atoms with Crippen LogP contribution in [0.5, 0.6) is 0 Å². The number of rotatable bonds is 7. The normalized spacial score (nSPS) is 24.7. The van der Waals surface area contributed by atoms with E-state index in [2.05, 4.69) is 11.8 Å². The van der Waals surface area contributed by atoms with Gasteiger partial charge in [-0.15, -0.1) is 0 Å². The Hall–Kier alpha value is -0.610. The van der Waals surface area contributed by atoms with Crippen molar-refractivity contribution in [3.63, 3.8) is 0 Å². The highest BCUT2D eigenvalue weighted by atomic mass is 16.4. The summed E-state index contributed by atoms with van der Waals surface area (Å²) in [7, 11) is 0. The van der Waals surface area contributed by atoms with E-state index in [9.17, 15) is 4.79 Å². The van der Waals surface area contributed by atoms with Crippen LogP contribution in [0.3, 0.4) is 0 Å². The quantitative estimate of drug-likeness (QED) is 0.746. The fourth-order valence-electron chi connectivity index (χ4n) is 2.92. The van der Waals surface area contributed by atoms with Crippen molar-refractivity contribution in [1.82, 2.24) is 4.90 Å². The van der Waals surface area contributed by atoms with Gasteiger partial charge in [-0.3, -0.25) is 4.79 Å². The highest BCUT2D eigenvalue weighted by Crippen LogP contribution is 2.22. The molecule has 2 unspecified atom stereocenters. The van der Waals surface area contributed by atoms with Gasteiger partial charge in [-0.1, -0.05) is 19.8 Å². The van der Waals surface area contributed by atoms with Crippen LogP contribution in [0.15, 0.2) is 0 Å². The maximum atomic E-state index is 10.9. The number of nitrogens with zero attached hydrogens (tertiary/aromatic N) is 1. The molecule has 1 aliphatic rings. The monoisotopic (exact) mass is 270 g/mol. The van der Waals surface area contributed by atoms with E-state index in [1.807, 2.05) is 0 Å². The van der Waals surface area contributed by atoms with Crippen LogP contribution in [0, 0.1) is 5.92 Å². The average molecular weight is 270 g/mol. The summed E-state index contributed by atoms with van der Waals surface area (Å²) in [6, 6.07) is 0. The van der Waals surface area contributed by atoms with E-state index in [1.54, 1.807) is 6.92 Å². The second-order valence-electron chi connectivity index (χ2n) is 6.25. The Kier molecular flexibility index (Phi) is 6.80. The molecule has 1 heterocycles. The first-order valence-electron chi connectivity index (χ1n) is 7.70. The van der Waals surface area contributed by atoms with Crippen LogP contribution >= 0.6 is 0 Å². The molecule has 1 aliphatic heterocycles. The van der Waals surface area contributed by atoms with Crippen molar-refractivity contribution >= 4 is 5.97 Å². The third kappa shape index (κ3) is 5.91. The van der Waals surface area contributed by atoms with E-state index in [1.165, 1.54) is 38.6 Å². The fourth-order valence-corrected chi connectivity index (χ4v) is 2.92. The van der Waals surface area contributed by atoms with Gasteiger partial charge >= 0.3 is 5.97 Å². The number of carboxylic acid groups (broad SMARTS) is 1. The average Bonchev–Trinajstić information content (AvgIpc) is 2.55. The van der Waals surface area contributed by atoms with E-state index < -0.39 is 11.5 Å². The van der Waals surface area contributed by atoms with E-state index in [0.717, 1.165) is 25.4 Å². The van der Waals surface area contributed by atoms with Crippen molar-refractivity contribution in [1.29, 1.82) is 0 Å². The molecule has 2 atom stereocenters. The highest BCUT2D eigenvalue weighted by molar-refractivity contribution is 5.77. The van der Waals surface area contributed by atoms with Crippen LogP contribution in [-0.2, 0) is 4.79 Å². The van der Waals surface area contributed by atoms with Crippen LogP contribution in [0.25, 0.3) is 0 Å². The van der Waals surface area contributed by atoms with Gasteiger partial charge in [0.05, 0.1) is 0 Å². The number of nitrogens with two attached hydrogens (primary N) is 1. The zero-order valence-corrected chi connectivity index (χ0v) is 12.5. The van der Waals surface area contributed by atoms with Crippen LogP contribution in [-0.4, -0.2) is 41.1 Å². The number of aliphatic carboxylic acids is 1. The topological polar surface area (TPSA) is 66.6 Å². The van der Waals surface area contributed by atoms with Gasteiger partial charge in [-0.25, -0.2) is 0 Å². The smallest absolute Gasteiger partial charge is 0.323 e. The van der Waals surface area contributed by atoms with Crippen LogP contribution in [0.2, 0.25) is 0 Å². The third-order valence-electron chi connectivity index (χ3n) is 4.30. The standard InChI is InChI=1S/C15H30N2O2/c1-3-6-13-7-4-10-17(12-8-13)11-5-9-15(2,16)14(18)19/h13H,3-12,16H2,1-2H3,(H,18,19). The molecule has 0 aromatic heterocycles. The Morgan fingerprint density at radius 3 is 2.79 bits per heavy atom. The van der Waals surface area contributed by atoms with E-state index >= 15 is 0 Å². The van der Waals surface area contributed by atoms with Gasteiger partial charge in [0, 0.05) is 0 Å². The van der Waals surface area contributed by atoms with Gasteiger partial charge in [-0.05, 0) is 64.6 Å². The zero-order chi connectivity index (χ0) is 14.3. The van der Waals surface area contributed by atoms with E-state index in [0.29, 0.717) is 6.42 Å². The molecule has 0 aromatic carbocycles. The lowest BCUT2D eigenvalue weighted by molar-refractivity contribution is -0.142. The molecule has 0 spiro atoms. The van der Waals surface area contributed by atoms with Crippen LogP contribution in [0.1, 0.15) is 58.8 Å². The number of carbonyl (C=O) groups is 1. The molecule has 1 saturated heterocycles. The Morgan fingerprint density at radius 2 is 2.16 bits per heavy atom. The first-order chi connectivity index (χ1) is 8.95. The second-order valence-corrected chi connectivity index (χ2v) is 6.25. The molecule has 0 saturated carbocycles. The molecule has 112 valence electrons. The maximum absolute atomic E-state index is 10.9. The zero-order valence-electron chi connectivity index (χ0n) is 12.5. The molecular weight excluding hydrogens is 240 g/mol. The summed E-state index contributed by atoms with van der Waals surface area (Å²) in [6.07, 6.45) is 8.00. The van der Waals surface area contributed by atoms with Gasteiger partial charge in [0.1, 0.15) is 5.54 Å². The molecule has 0 radical (unpaired) electrons. The van der Waals surface area contributed by atoms with Gasteiger partial charge in [0.2, 0.25) is 0 Å². The molecule has 0 aromatic rings. The fraction of sp³-hybridized carbons (Fsp3) is 0.933. The Labute approximate surface area is 117 Å². The third-order valence-corrected chi connectivity index (χ3v) is 4.30. The van der Waals surface area contributed by atoms with Crippen molar-refractivity contribution in [2.24, 2.45) is 11.7 Å². The molecular formula is C15H30N2O2. The minimum Gasteiger partial charge on any atom is -0.480 e. The van der Waals surface area contributed by atoms with Crippen molar-refractivity contribution in [2.45, 2.75) is 64.3 Å². The number of hydrogen-bond acceptors (Lipinski definition) is 3. The van der Waals surface area contributed by atoms with Crippen LogP contribution < -0.4 is 5.73 Å². The van der Waals surface area contributed by atoms with Crippen molar-refractivity contribution in [3.05, 3.63) is 0 Å². The summed E-state index contributed by atoms with van der Waals surface area (Å²) in [6.45, 7) is 7.18. The predicted octanol–water partition coefficient (Wildman–Crippen LogP) is 2.47. The number of likely N-dealkylation sites (tertiary alicyclic amines) is 1. The summed E-state index contributed by atoms with van der Waals surface area (Å²) in [5.41, 5.74) is 4.68. The summed E-state index contributed by atoms with van der Waals surface area (Å²) < 4.78 is 0. The van der Waals surface area contributed by atoms with Crippen LogP contribution in [0.4, 0.5) is 0 Å². The molecule has 1 rings (SSSR count). The molecule has 1 fully saturated rings.